The Bertz CT molecular complexity index is 572. The average Bonchev–Trinajstić information content (AvgIpc) is 2.35. The Morgan fingerprint density at radius 3 is 2.72 bits per heavy atom. The molecule has 4 heteroatoms. The molecular formula is C14H11BrClFO. The van der Waals surface area contributed by atoms with E-state index in [4.69, 9.17) is 16.3 Å². The van der Waals surface area contributed by atoms with Gasteiger partial charge in [-0.15, -0.1) is 0 Å². The van der Waals surface area contributed by atoms with Crippen molar-refractivity contribution in [3.63, 3.8) is 0 Å². The van der Waals surface area contributed by atoms with Crippen LogP contribution >= 0.6 is 27.5 Å². The minimum absolute atomic E-state index is 0.206. The third-order valence-corrected chi connectivity index (χ3v) is 3.51. The van der Waals surface area contributed by atoms with E-state index in [1.54, 1.807) is 37.3 Å². The van der Waals surface area contributed by atoms with Gasteiger partial charge in [-0.25, -0.2) is 4.39 Å². The number of rotatable bonds is 3. The average molecular weight is 330 g/mol. The molecule has 0 aliphatic rings. The first-order valence-electron chi connectivity index (χ1n) is 5.39. The minimum Gasteiger partial charge on any atom is -0.454 e. The molecule has 0 saturated heterocycles. The van der Waals surface area contributed by atoms with Crippen LogP contribution in [0.1, 0.15) is 11.1 Å². The molecule has 0 unspecified atom stereocenters. The van der Waals surface area contributed by atoms with Crippen LogP contribution in [0.3, 0.4) is 0 Å². The lowest BCUT2D eigenvalue weighted by molar-refractivity contribution is 0.440. The number of benzene rings is 2. The predicted octanol–water partition coefficient (Wildman–Crippen LogP) is 5.47. The molecule has 0 aromatic heterocycles. The van der Waals surface area contributed by atoms with Crippen molar-refractivity contribution in [2.45, 2.75) is 12.3 Å². The molecule has 94 valence electrons. The van der Waals surface area contributed by atoms with Crippen LogP contribution in [0.2, 0.25) is 5.02 Å². The van der Waals surface area contributed by atoms with E-state index in [2.05, 4.69) is 15.9 Å². The number of ether oxygens (including phenoxy) is 1. The maximum absolute atomic E-state index is 13.8. The van der Waals surface area contributed by atoms with Gasteiger partial charge in [-0.2, -0.15) is 0 Å². The molecule has 18 heavy (non-hydrogen) atoms. The summed E-state index contributed by atoms with van der Waals surface area (Å²) in [4.78, 5) is 0. The SMILES string of the molecule is Cc1cccc(Oc2ccc(CBr)c(Cl)c2)c1F. The van der Waals surface area contributed by atoms with Gasteiger partial charge in [0.25, 0.3) is 0 Å². The standard InChI is InChI=1S/C14H11BrClFO/c1-9-3-2-4-13(14(9)17)18-11-6-5-10(8-15)12(16)7-11/h2-7H,8H2,1H3. The Balaban J connectivity index is 2.29. The quantitative estimate of drug-likeness (QED) is 0.678. The van der Waals surface area contributed by atoms with Gasteiger partial charge in [0.1, 0.15) is 5.75 Å². The van der Waals surface area contributed by atoms with Crippen molar-refractivity contribution < 1.29 is 9.13 Å². The molecule has 0 aliphatic carbocycles. The van der Waals surface area contributed by atoms with Crippen LogP contribution in [0, 0.1) is 12.7 Å². The Hall–Kier alpha value is -1.06. The third kappa shape index (κ3) is 2.85. The molecular weight excluding hydrogens is 319 g/mol. The zero-order valence-electron chi connectivity index (χ0n) is 9.71. The third-order valence-electron chi connectivity index (χ3n) is 2.55. The Kier molecular flexibility index (Phi) is 4.25. The van der Waals surface area contributed by atoms with E-state index in [-0.39, 0.29) is 11.6 Å². The minimum atomic E-state index is -0.349. The molecule has 0 N–H and O–H groups in total. The molecule has 0 saturated carbocycles. The van der Waals surface area contributed by atoms with E-state index >= 15 is 0 Å². The molecule has 0 radical (unpaired) electrons. The largest absolute Gasteiger partial charge is 0.454 e. The lowest BCUT2D eigenvalue weighted by Gasteiger charge is -2.09. The molecule has 0 amide bonds. The highest BCUT2D eigenvalue weighted by Crippen LogP contribution is 2.30. The molecule has 0 aliphatic heterocycles. The maximum Gasteiger partial charge on any atom is 0.168 e. The summed E-state index contributed by atoms with van der Waals surface area (Å²) in [5, 5.41) is 1.27. The summed E-state index contributed by atoms with van der Waals surface area (Å²) >= 11 is 9.40. The first-order valence-corrected chi connectivity index (χ1v) is 6.89. The van der Waals surface area contributed by atoms with Crippen LogP contribution in [-0.2, 0) is 5.33 Å². The molecule has 0 atom stereocenters. The maximum atomic E-state index is 13.8. The highest BCUT2D eigenvalue weighted by Gasteiger charge is 2.08. The second-order valence-corrected chi connectivity index (χ2v) is 4.84. The zero-order chi connectivity index (χ0) is 13.1. The fourth-order valence-electron chi connectivity index (χ4n) is 1.53. The summed E-state index contributed by atoms with van der Waals surface area (Å²) in [6, 6.07) is 10.3. The van der Waals surface area contributed by atoms with E-state index in [0.717, 1.165) is 5.56 Å². The van der Waals surface area contributed by atoms with Crippen LogP contribution in [0.5, 0.6) is 11.5 Å². The topological polar surface area (TPSA) is 9.23 Å². The summed E-state index contributed by atoms with van der Waals surface area (Å²) in [6.45, 7) is 1.70. The van der Waals surface area contributed by atoms with Gasteiger partial charge in [-0.1, -0.05) is 45.7 Å². The fraction of sp³-hybridized carbons (Fsp3) is 0.143. The Morgan fingerprint density at radius 2 is 2.06 bits per heavy atom. The predicted molar refractivity (Wildman–Crippen MR) is 75.3 cm³/mol. The molecule has 0 heterocycles. The van der Waals surface area contributed by atoms with Crippen molar-refractivity contribution in [3.05, 3.63) is 58.4 Å². The van der Waals surface area contributed by atoms with Gasteiger partial charge in [0.2, 0.25) is 0 Å². The lowest BCUT2D eigenvalue weighted by atomic mass is 10.2. The highest BCUT2D eigenvalue weighted by atomic mass is 79.9. The van der Waals surface area contributed by atoms with Crippen LogP contribution in [-0.4, -0.2) is 0 Å². The van der Waals surface area contributed by atoms with Gasteiger partial charge in [0.05, 0.1) is 0 Å². The number of halogens is 3. The second kappa shape index (κ2) is 5.72. The van der Waals surface area contributed by atoms with Gasteiger partial charge in [-0.05, 0) is 36.2 Å². The summed E-state index contributed by atoms with van der Waals surface area (Å²) in [7, 11) is 0. The molecule has 2 rings (SSSR count). The van der Waals surface area contributed by atoms with E-state index in [1.165, 1.54) is 0 Å². The van der Waals surface area contributed by atoms with Gasteiger partial charge in [-0.3, -0.25) is 0 Å². The molecule has 2 aromatic rings. The molecule has 1 nitrogen and oxygen atoms in total. The number of aryl methyl sites for hydroxylation is 1. The van der Waals surface area contributed by atoms with E-state index in [9.17, 15) is 4.39 Å². The van der Waals surface area contributed by atoms with E-state index in [1.807, 2.05) is 6.07 Å². The summed E-state index contributed by atoms with van der Waals surface area (Å²) in [6.07, 6.45) is 0. The van der Waals surface area contributed by atoms with Crippen molar-refractivity contribution in [2.24, 2.45) is 0 Å². The van der Waals surface area contributed by atoms with Gasteiger partial charge in [0, 0.05) is 10.4 Å². The van der Waals surface area contributed by atoms with Crippen molar-refractivity contribution in [3.8, 4) is 11.5 Å². The van der Waals surface area contributed by atoms with E-state index < -0.39 is 0 Å². The normalized spacial score (nSPS) is 10.4. The van der Waals surface area contributed by atoms with Crippen LogP contribution in [0.25, 0.3) is 0 Å². The number of hydrogen-bond donors (Lipinski definition) is 0. The second-order valence-electron chi connectivity index (χ2n) is 3.88. The molecule has 0 bridgehead atoms. The summed E-state index contributed by atoms with van der Waals surface area (Å²) in [5.41, 5.74) is 1.52. The Morgan fingerprint density at radius 1 is 1.28 bits per heavy atom. The Labute approximate surface area is 119 Å². The van der Waals surface area contributed by atoms with Gasteiger partial charge in [0.15, 0.2) is 11.6 Å². The van der Waals surface area contributed by atoms with Crippen molar-refractivity contribution in [2.75, 3.05) is 0 Å². The first-order chi connectivity index (χ1) is 8.61. The monoisotopic (exact) mass is 328 g/mol. The first kappa shape index (κ1) is 13.4. The van der Waals surface area contributed by atoms with Gasteiger partial charge >= 0.3 is 0 Å². The van der Waals surface area contributed by atoms with Crippen molar-refractivity contribution in [1.29, 1.82) is 0 Å². The molecule has 0 spiro atoms. The van der Waals surface area contributed by atoms with Crippen LogP contribution in [0.4, 0.5) is 4.39 Å². The van der Waals surface area contributed by atoms with Crippen molar-refractivity contribution in [1.82, 2.24) is 0 Å². The number of alkyl halides is 1. The van der Waals surface area contributed by atoms with E-state index in [0.29, 0.717) is 21.7 Å². The fourth-order valence-corrected chi connectivity index (χ4v) is 2.41. The highest BCUT2D eigenvalue weighted by molar-refractivity contribution is 9.08. The summed E-state index contributed by atoms with van der Waals surface area (Å²) < 4.78 is 19.3. The summed E-state index contributed by atoms with van der Waals surface area (Å²) in [5.74, 6) is 0.380. The van der Waals surface area contributed by atoms with Crippen LogP contribution in [0.15, 0.2) is 36.4 Å². The van der Waals surface area contributed by atoms with Gasteiger partial charge < -0.3 is 4.74 Å². The smallest absolute Gasteiger partial charge is 0.168 e. The zero-order valence-corrected chi connectivity index (χ0v) is 12.1. The number of hydrogen-bond acceptors (Lipinski definition) is 1. The van der Waals surface area contributed by atoms with Crippen molar-refractivity contribution >= 4 is 27.5 Å². The lowest BCUT2D eigenvalue weighted by Crippen LogP contribution is -1.91. The molecule has 0 fully saturated rings. The molecule has 2 aromatic carbocycles. The van der Waals surface area contributed by atoms with Crippen LogP contribution < -0.4 is 4.74 Å².